The highest BCUT2D eigenvalue weighted by Gasteiger charge is 2.11. The Kier molecular flexibility index (Phi) is 10.1. The van der Waals surface area contributed by atoms with E-state index in [1.807, 2.05) is 36.4 Å². The maximum Gasteiger partial charge on any atom is 0.397 e. The van der Waals surface area contributed by atoms with Gasteiger partial charge in [0.15, 0.2) is 0 Å². The third-order valence-electron chi connectivity index (χ3n) is 5.20. The van der Waals surface area contributed by atoms with Gasteiger partial charge in [-0.1, -0.05) is 82.2 Å². The molecule has 0 aliphatic rings. The number of hydrogen-bond donors (Lipinski definition) is 0. The van der Waals surface area contributed by atoms with Gasteiger partial charge in [-0.05, 0) is 24.5 Å². The van der Waals surface area contributed by atoms with Crippen LogP contribution in [0.2, 0.25) is 0 Å². The van der Waals surface area contributed by atoms with Gasteiger partial charge >= 0.3 is 11.7 Å². The molecule has 0 saturated heterocycles. The van der Waals surface area contributed by atoms with E-state index in [0.717, 1.165) is 18.4 Å². The Balaban J connectivity index is 1.39. The summed E-state index contributed by atoms with van der Waals surface area (Å²) in [5.41, 5.74) is 0.722. The highest BCUT2D eigenvalue weighted by molar-refractivity contribution is 7.18. The molecule has 3 rings (SSSR count). The van der Waals surface area contributed by atoms with Crippen LogP contribution in [0, 0.1) is 0 Å². The quantitative estimate of drug-likeness (QED) is 0.250. The van der Waals surface area contributed by atoms with E-state index in [4.69, 9.17) is 13.9 Å². The van der Waals surface area contributed by atoms with Crippen LogP contribution in [0.4, 0.5) is 0 Å². The van der Waals surface area contributed by atoms with Crippen molar-refractivity contribution in [3.63, 3.8) is 0 Å². The summed E-state index contributed by atoms with van der Waals surface area (Å²) in [6, 6.07) is 11.9. The molecule has 3 aromatic rings. The molecular formula is C25H33NO4S. The number of hydrogen-bond acceptors (Lipinski definition) is 6. The lowest BCUT2D eigenvalue weighted by molar-refractivity contribution is 0.0765. The largest absolute Gasteiger partial charge is 0.448 e. The summed E-state index contributed by atoms with van der Waals surface area (Å²) in [5.74, 6) is 0. The minimum Gasteiger partial charge on any atom is -0.448 e. The molecule has 0 unspecified atom stereocenters. The average Bonchev–Trinajstić information content (AvgIpc) is 3.20. The van der Waals surface area contributed by atoms with Gasteiger partial charge < -0.3 is 13.9 Å². The molecule has 5 nitrogen and oxygen atoms in total. The second-order valence-electron chi connectivity index (χ2n) is 7.81. The Hall–Kier alpha value is -2.18. The lowest BCUT2D eigenvalue weighted by Gasteiger charge is -2.05. The molecule has 1 aromatic carbocycles. The van der Waals surface area contributed by atoms with Crippen LogP contribution in [0.1, 0.15) is 68.7 Å². The molecule has 0 aliphatic heterocycles. The Morgan fingerprint density at radius 3 is 2.48 bits per heavy atom. The highest BCUT2D eigenvalue weighted by Crippen LogP contribution is 2.25. The summed E-state index contributed by atoms with van der Waals surface area (Å²) in [6.45, 7) is 3.45. The number of thiophene rings is 1. The Morgan fingerprint density at radius 2 is 1.71 bits per heavy atom. The molecule has 2 aromatic heterocycles. The minimum absolute atomic E-state index is 0.0151. The van der Waals surface area contributed by atoms with Gasteiger partial charge in [0.2, 0.25) is 0 Å². The van der Waals surface area contributed by atoms with Gasteiger partial charge in [0, 0.05) is 4.88 Å². The fraction of sp³-hybridized carbons (Fsp3) is 0.520. The topological polar surface area (TPSA) is 61.6 Å². The molecule has 0 N–H and O–H groups in total. The van der Waals surface area contributed by atoms with E-state index >= 15 is 0 Å². The van der Waals surface area contributed by atoms with Crippen molar-refractivity contribution in [3.8, 4) is 6.08 Å². The Morgan fingerprint density at radius 1 is 0.968 bits per heavy atom. The second kappa shape index (κ2) is 13.3. The predicted octanol–water partition coefficient (Wildman–Crippen LogP) is 6.53. The van der Waals surface area contributed by atoms with Crippen molar-refractivity contribution >= 4 is 21.6 Å². The van der Waals surface area contributed by atoms with Crippen LogP contribution in [0.3, 0.4) is 0 Å². The molecule has 0 aliphatic carbocycles. The van der Waals surface area contributed by atoms with Crippen LogP contribution >= 0.6 is 11.3 Å². The third kappa shape index (κ3) is 8.11. The van der Waals surface area contributed by atoms with Gasteiger partial charge in [0.1, 0.15) is 11.4 Å². The monoisotopic (exact) mass is 443 g/mol. The zero-order valence-corrected chi connectivity index (χ0v) is 19.3. The molecule has 0 amide bonds. The summed E-state index contributed by atoms with van der Waals surface area (Å²) in [7, 11) is 0. The van der Waals surface area contributed by atoms with E-state index in [1.54, 1.807) is 11.3 Å². The molecule has 0 fully saturated rings. The maximum atomic E-state index is 12.3. The zero-order chi connectivity index (χ0) is 21.7. The van der Waals surface area contributed by atoms with Crippen LogP contribution in [-0.2, 0) is 17.8 Å². The lowest BCUT2D eigenvalue weighted by atomic mass is 10.1. The zero-order valence-electron chi connectivity index (χ0n) is 18.4. The van der Waals surface area contributed by atoms with Gasteiger partial charge in [-0.2, -0.15) is 4.98 Å². The highest BCUT2D eigenvalue weighted by atomic mass is 32.1. The molecule has 168 valence electrons. The van der Waals surface area contributed by atoms with E-state index < -0.39 is 0 Å². The maximum absolute atomic E-state index is 12.3. The van der Waals surface area contributed by atoms with Gasteiger partial charge in [-0.25, -0.2) is 4.79 Å². The minimum atomic E-state index is -0.386. The molecule has 0 bridgehead atoms. The number of aromatic nitrogens is 1. The van der Waals surface area contributed by atoms with E-state index in [-0.39, 0.29) is 18.3 Å². The van der Waals surface area contributed by atoms with Crippen LogP contribution in [-0.4, -0.2) is 18.2 Å². The van der Waals surface area contributed by atoms with Crippen LogP contribution in [0.15, 0.2) is 45.6 Å². The smallest absolute Gasteiger partial charge is 0.397 e. The van der Waals surface area contributed by atoms with Crippen molar-refractivity contribution in [1.29, 1.82) is 0 Å². The summed E-state index contributed by atoms with van der Waals surface area (Å²) in [4.78, 5) is 18.5. The number of aryl methyl sites for hydroxylation is 1. The first-order chi connectivity index (χ1) is 15.3. The number of ether oxygens (including phenoxy) is 2. The number of fused-ring (bicyclic) bond motifs is 1. The molecular weight excluding hydrogens is 410 g/mol. The summed E-state index contributed by atoms with van der Waals surface area (Å²) >= 11 is 1.56. The number of benzene rings is 1. The second-order valence-corrected chi connectivity index (χ2v) is 8.93. The van der Waals surface area contributed by atoms with Gasteiger partial charge in [-0.15, -0.1) is 11.3 Å². The van der Waals surface area contributed by atoms with Crippen molar-refractivity contribution in [2.45, 2.75) is 71.3 Å². The molecule has 6 heteroatoms. The molecule has 0 radical (unpaired) electrons. The van der Waals surface area contributed by atoms with Crippen LogP contribution in [0.25, 0.3) is 10.2 Å². The lowest BCUT2D eigenvalue weighted by Crippen LogP contribution is -2.09. The molecule has 2 heterocycles. The van der Waals surface area contributed by atoms with E-state index in [1.165, 1.54) is 49.8 Å². The van der Waals surface area contributed by atoms with Gasteiger partial charge in [0.05, 0.1) is 18.6 Å². The summed E-state index contributed by atoms with van der Waals surface area (Å²) in [6.07, 6.45) is 11.4. The van der Waals surface area contributed by atoms with Crippen molar-refractivity contribution in [1.82, 2.24) is 4.98 Å². The summed E-state index contributed by atoms with van der Waals surface area (Å²) in [5, 5.41) is 0.548. The first-order valence-corrected chi connectivity index (χ1v) is 12.3. The third-order valence-corrected chi connectivity index (χ3v) is 6.29. The van der Waals surface area contributed by atoms with E-state index in [9.17, 15) is 4.79 Å². The van der Waals surface area contributed by atoms with Crippen LogP contribution < -0.4 is 10.4 Å². The number of unbranched alkanes of at least 4 members (excludes halogenated alkanes) is 7. The summed E-state index contributed by atoms with van der Waals surface area (Å²) < 4.78 is 16.3. The first kappa shape index (κ1) is 23.5. The normalized spacial score (nSPS) is 11.3. The van der Waals surface area contributed by atoms with E-state index in [0.29, 0.717) is 23.4 Å². The van der Waals surface area contributed by atoms with Crippen LogP contribution in [0.5, 0.6) is 6.08 Å². The standard InChI is InChI=1S/C25H33NO4S/c1-2-3-4-5-6-7-8-12-15-21-18-22-23(31-21)26-25(30-24(22)27)29-17-16-28-19-20-13-10-9-11-14-20/h9-11,13-14,18H,2-8,12,15-17,19H2,1H3. The SMILES string of the molecule is CCCCCCCCCCc1cc2c(=O)oc(OCCOCc3ccccc3)nc2s1. The van der Waals surface area contributed by atoms with Crippen molar-refractivity contribution in [2.75, 3.05) is 13.2 Å². The first-order valence-electron chi connectivity index (χ1n) is 11.4. The fourth-order valence-corrected chi connectivity index (χ4v) is 4.51. The van der Waals surface area contributed by atoms with Crippen molar-refractivity contribution in [3.05, 3.63) is 57.3 Å². The van der Waals surface area contributed by atoms with Gasteiger partial charge in [0.25, 0.3) is 0 Å². The molecule has 0 saturated carbocycles. The van der Waals surface area contributed by atoms with Gasteiger partial charge in [-0.3, -0.25) is 0 Å². The number of nitrogens with zero attached hydrogens (tertiary/aromatic N) is 1. The average molecular weight is 444 g/mol. The molecule has 31 heavy (non-hydrogen) atoms. The fourth-order valence-electron chi connectivity index (χ4n) is 3.47. The molecule has 0 atom stereocenters. The van der Waals surface area contributed by atoms with Crippen molar-refractivity contribution in [2.24, 2.45) is 0 Å². The predicted molar refractivity (Wildman–Crippen MR) is 126 cm³/mol. The van der Waals surface area contributed by atoms with Crippen molar-refractivity contribution < 1.29 is 13.9 Å². The number of rotatable bonds is 15. The van der Waals surface area contributed by atoms with E-state index in [2.05, 4.69) is 11.9 Å². The Bertz CT molecular complexity index is 951. The molecule has 0 spiro atoms. The Labute approximate surface area is 188 Å².